The maximum absolute atomic E-state index is 12.0. The maximum atomic E-state index is 12.0. The van der Waals surface area contributed by atoms with Crippen LogP contribution < -0.4 is 5.69 Å². The van der Waals surface area contributed by atoms with E-state index in [1.165, 1.54) is 25.1 Å². The molecule has 0 atom stereocenters. The minimum atomic E-state index is -3.51. The van der Waals surface area contributed by atoms with Gasteiger partial charge in [-0.1, -0.05) is 18.5 Å². The molecule has 0 unspecified atom stereocenters. The van der Waals surface area contributed by atoms with E-state index < -0.39 is 21.4 Å². The standard InChI is InChI=1S/C11H11ClN2O4S/c1-2-19(17,18)8-4-3-6(12)5-7(8)9-10(15)14-11(16)13-9/h3-5,15H,2H2,1H3,(H2,13,14,16). The van der Waals surface area contributed by atoms with Gasteiger partial charge in [-0.15, -0.1) is 0 Å². The molecule has 2 rings (SSSR count). The molecule has 0 aliphatic carbocycles. The number of aromatic hydroxyl groups is 1. The molecule has 19 heavy (non-hydrogen) atoms. The lowest BCUT2D eigenvalue weighted by atomic mass is 10.1. The molecule has 1 aromatic carbocycles. The first kappa shape index (κ1) is 13.7. The highest BCUT2D eigenvalue weighted by molar-refractivity contribution is 7.91. The number of imidazole rings is 1. The Morgan fingerprint density at radius 3 is 2.53 bits per heavy atom. The summed E-state index contributed by atoms with van der Waals surface area (Å²) in [6, 6.07) is 4.17. The fourth-order valence-corrected chi connectivity index (χ4v) is 2.95. The largest absolute Gasteiger partial charge is 0.493 e. The van der Waals surface area contributed by atoms with Crippen LogP contribution in [0.5, 0.6) is 5.88 Å². The summed E-state index contributed by atoms with van der Waals surface area (Å²) in [5, 5.41) is 9.91. The third-order valence-electron chi connectivity index (χ3n) is 2.63. The van der Waals surface area contributed by atoms with Gasteiger partial charge in [-0.3, -0.25) is 4.98 Å². The molecule has 0 aliphatic rings. The van der Waals surface area contributed by atoms with Crippen LogP contribution in [0.2, 0.25) is 5.02 Å². The predicted octanol–water partition coefficient (Wildman–Crippen LogP) is 1.52. The van der Waals surface area contributed by atoms with Crippen molar-refractivity contribution >= 4 is 21.4 Å². The summed E-state index contributed by atoms with van der Waals surface area (Å²) in [5.41, 5.74) is -0.475. The Kier molecular flexibility index (Phi) is 3.42. The molecule has 6 nitrogen and oxygen atoms in total. The number of hydrogen-bond donors (Lipinski definition) is 3. The number of hydrogen-bond acceptors (Lipinski definition) is 4. The quantitative estimate of drug-likeness (QED) is 0.799. The average Bonchev–Trinajstić information content (AvgIpc) is 2.68. The van der Waals surface area contributed by atoms with E-state index in [4.69, 9.17) is 11.6 Å². The van der Waals surface area contributed by atoms with E-state index >= 15 is 0 Å². The molecule has 0 aliphatic heterocycles. The lowest BCUT2D eigenvalue weighted by Crippen LogP contribution is -2.06. The summed E-state index contributed by atoms with van der Waals surface area (Å²) < 4.78 is 24.0. The second-order valence-corrected chi connectivity index (χ2v) is 6.53. The van der Waals surface area contributed by atoms with Crippen molar-refractivity contribution in [1.29, 1.82) is 0 Å². The Balaban J connectivity index is 2.79. The molecule has 3 N–H and O–H groups in total. The van der Waals surface area contributed by atoms with Crippen molar-refractivity contribution in [2.45, 2.75) is 11.8 Å². The fraction of sp³-hybridized carbons (Fsp3) is 0.182. The summed E-state index contributed by atoms with van der Waals surface area (Å²) >= 11 is 5.84. The van der Waals surface area contributed by atoms with Crippen molar-refractivity contribution in [3.8, 4) is 17.1 Å². The van der Waals surface area contributed by atoms with Crippen LogP contribution in [0.4, 0.5) is 0 Å². The second kappa shape index (κ2) is 4.75. The van der Waals surface area contributed by atoms with Gasteiger partial charge in [-0.25, -0.2) is 13.2 Å². The molecule has 0 amide bonds. The number of benzene rings is 1. The van der Waals surface area contributed by atoms with Gasteiger partial charge >= 0.3 is 5.69 Å². The van der Waals surface area contributed by atoms with E-state index in [0.717, 1.165) is 0 Å². The molecule has 0 saturated carbocycles. The van der Waals surface area contributed by atoms with Gasteiger partial charge in [0.25, 0.3) is 0 Å². The van der Waals surface area contributed by atoms with E-state index in [1.54, 1.807) is 0 Å². The van der Waals surface area contributed by atoms with Crippen molar-refractivity contribution in [3.63, 3.8) is 0 Å². The number of aromatic nitrogens is 2. The lowest BCUT2D eigenvalue weighted by molar-refractivity contribution is 0.457. The first-order valence-corrected chi connectivity index (χ1v) is 7.42. The summed E-state index contributed by atoms with van der Waals surface area (Å²) in [7, 11) is -3.51. The maximum Gasteiger partial charge on any atom is 0.326 e. The van der Waals surface area contributed by atoms with Gasteiger partial charge in [-0.2, -0.15) is 0 Å². The molecule has 0 spiro atoms. The molecule has 0 saturated heterocycles. The van der Waals surface area contributed by atoms with Crippen LogP contribution >= 0.6 is 11.6 Å². The SMILES string of the molecule is CCS(=O)(=O)c1ccc(Cl)cc1-c1[nH]c(=O)[nH]c1O. The Hall–Kier alpha value is -1.73. The molecule has 2 aromatic rings. The normalized spacial score (nSPS) is 11.7. The van der Waals surface area contributed by atoms with Crippen molar-refractivity contribution in [2.75, 3.05) is 5.75 Å². The van der Waals surface area contributed by atoms with Crippen LogP contribution in [0.15, 0.2) is 27.9 Å². The van der Waals surface area contributed by atoms with Crippen molar-refractivity contribution in [1.82, 2.24) is 9.97 Å². The number of aromatic amines is 2. The molecule has 1 aromatic heterocycles. The number of sulfone groups is 1. The predicted molar refractivity (Wildman–Crippen MR) is 71.3 cm³/mol. The minimum Gasteiger partial charge on any atom is -0.493 e. The molecule has 0 radical (unpaired) electrons. The van der Waals surface area contributed by atoms with E-state index in [-0.39, 0.29) is 21.9 Å². The van der Waals surface area contributed by atoms with E-state index in [2.05, 4.69) is 9.97 Å². The molecular weight excluding hydrogens is 292 g/mol. The number of H-pyrrole nitrogens is 2. The van der Waals surface area contributed by atoms with Crippen molar-refractivity contribution < 1.29 is 13.5 Å². The molecular formula is C11H11ClN2O4S. The summed E-state index contributed by atoms with van der Waals surface area (Å²) in [5.74, 6) is -0.531. The first-order chi connectivity index (χ1) is 8.85. The average molecular weight is 303 g/mol. The second-order valence-electron chi connectivity index (χ2n) is 3.85. The van der Waals surface area contributed by atoms with Gasteiger partial charge in [0, 0.05) is 10.6 Å². The zero-order valence-corrected chi connectivity index (χ0v) is 11.5. The monoisotopic (exact) mass is 302 g/mol. The van der Waals surface area contributed by atoms with E-state index in [9.17, 15) is 18.3 Å². The van der Waals surface area contributed by atoms with Crippen LogP contribution in [0, 0.1) is 0 Å². The van der Waals surface area contributed by atoms with Gasteiger partial charge in [0.2, 0.25) is 5.88 Å². The number of rotatable bonds is 3. The highest BCUT2D eigenvalue weighted by Crippen LogP contribution is 2.32. The Bertz CT molecular complexity index is 776. The Morgan fingerprint density at radius 1 is 1.32 bits per heavy atom. The van der Waals surface area contributed by atoms with Gasteiger partial charge in [0.1, 0.15) is 5.69 Å². The summed E-state index contributed by atoms with van der Waals surface area (Å²) in [6.45, 7) is 1.51. The highest BCUT2D eigenvalue weighted by atomic mass is 35.5. The van der Waals surface area contributed by atoms with Crippen LogP contribution in [-0.2, 0) is 9.84 Å². The molecule has 1 heterocycles. The van der Waals surface area contributed by atoms with Crippen LogP contribution in [0.25, 0.3) is 11.3 Å². The molecule has 8 heteroatoms. The van der Waals surface area contributed by atoms with Gasteiger partial charge in [0.05, 0.1) is 10.6 Å². The van der Waals surface area contributed by atoms with E-state index in [1.807, 2.05) is 0 Å². The van der Waals surface area contributed by atoms with Crippen LogP contribution in [0.1, 0.15) is 6.92 Å². The van der Waals surface area contributed by atoms with Crippen LogP contribution in [-0.4, -0.2) is 29.2 Å². The first-order valence-electron chi connectivity index (χ1n) is 5.39. The summed E-state index contributed by atoms with van der Waals surface area (Å²) in [6.07, 6.45) is 0. The zero-order chi connectivity index (χ0) is 14.2. The Labute approximate surface area is 114 Å². The van der Waals surface area contributed by atoms with Crippen LogP contribution in [0.3, 0.4) is 0 Å². The summed E-state index contributed by atoms with van der Waals surface area (Å²) in [4.78, 5) is 15.6. The third-order valence-corrected chi connectivity index (χ3v) is 4.65. The number of halogens is 1. The third kappa shape index (κ3) is 2.52. The smallest absolute Gasteiger partial charge is 0.326 e. The number of nitrogens with one attached hydrogen (secondary N) is 2. The lowest BCUT2D eigenvalue weighted by Gasteiger charge is -2.08. The van der Waals surface area contributed by atoms with Crippen molar-refractivity contribution in [3.05, 3.63) is 33.7 Å². The highest BCUT2D eigenvalue weighted by Gasteiger charge is 2.21. The molecule has 0 fully saturated rings. The molecule has 0 bridgehead atoms. The van der Waals surface area contributed by atoms with Gasteiger partial charge in [0.15, 0.2) is 9.84 Å². The Morgan fingerprint density at radius 2 is 2.00 bits per heavy atom. The van der Waals surface area contributed by atoms with Gasteiger partial charge < -0.3 is 10.1 Å². The zero-order valence-electron chi connectivity index (χ0n) is 9.90. The van der Waals surface area contributed by atoms with Gasteiger partial charge in [-0.05, 0) is 18.2 Å². The van der Waals surface area contributed by atoms with E-state index in [0.29, 0.717) is 5.02 Å². The minimum absolute atomic E-state index is 0.000440. The van der Waals surface area contributed by atoms with Crippen molar-refractivity contribution in [2.24, 2.45) is 0 Å². The molecule has 102 valence electrons. The topological polar surface area (TPSA) is 103 Å². The fourth-order valence-electron chi connectivity index (χ4n) is 1.69.